The van der Waals surface area contributed by atoms with Crippen LogP contribution in [0.5, 0.6) is 0 Å². The van der Waals surface area contributed by atoms with Crippen LogP contribution < -0.4 is 5.32 Å². The first-order valence-electron chi connectivity index (χ1n) is 5.97. The molecule has 3 nitrogen and oxygen atoms in total. The molecule has 1 amide bonds. The highest BCUT2D eigenvalue weighted by molar-refractivity contribution is 6.33. The predicted octanol–water partition coefficient (Wildman–Crippen LogP) is 2.37. The number of aliphatic hydroxyl groups excluding tert-OH is 1. The third-order valence-corrected chi connectivity index (χ3v) is 3.55. The Bertz CT molecular complexity index is 453. The fourth-order valence-electron chi connectivity index (χ4n) is 2.24. The quantitative estimate of drug-likeness (QED) is 0.887. The van der Waals surface area contributed by atoms with Crippen LogP contribution in [0.2, 0.25) is 5.02 Å². The molecule has 0 spiro atoms. The number of benzene rings is 1. The van der Waals surface area contributed by atoms with Gasteiger partial charge in [0.1, 0.15) is 5.82 Å². The fourth-order valence-corrected chi connectivity index (χ4v) is 2.49. The highest BCUT2D eigenvalue weighted by atomic mass is 35.5. The molecule has 98 valence electrons. The molecule has 0 saturated heterocycles. The second-order valence-electron chi connectivity index (χ2n) is 4.67. The molecule has 0 bridgehead atoms. The van der Waals surface area contributed by atoms with Crippen LogP contribution in [-0.2, 0) is 0 Å². The van der Waals surface area contributed by atoms with Gasteiger partial charge in [-0.3, -0.25) is 4.79 Å². The topological polar surface area (TPSA) is 49.3 Å². The maximum Gasteiger partial charge on any atom is 0.252 e. The molecule has 1 fully saturated rings. The lowest BCUT2D eigenvalue weighted by molar-refractivity contribution is 0.0945. The van der Waals surface area contributed by atoms with E-state index in [0.717, 1.165) is 25.3 Å². The van der Waals surface area contributed by atoms with Crippen molar-refractivity contribution < 1.29 is 14.3 Å². The van der Waals surface area contributed by atoms with E-state index in [1.165, 1.54) is 12.1 Å². The number of carbonyl (C=O) groups is 1. The molecule has 0 radical (unpaired) electrons. The van der Waals surface area contributed by atoms with E-state index in [0.29, 0.717) is 12.5 Å². The summed E-state index contributed by atoms with van der Waals surface area (Å²) in [5.41, 5.74) is 0.275. The Balaban J connectivity index is 1.91. The van der Waals surface area contributed by atoms with Crippen molar-refractivity contribution >= 4 is 17.5 Å². The van der Waals surface area contributed by atoms with Gasteiger partial charge in [-0.1, -0.05) is 11.6 Å². The van der Waals surface area contributed by atoms with Gasteiger partial charge in [0.15, 0.2) is 0 Å². The maximum atomic E-state index is 12.8. The molecule has 1 saturated carbocycles. The van der Waals surface area contributed by atoms with E-state index in [9.17, 15) is 14.3 Å². The average Bonchev–Trinajstić information content (AvgIpc) is 2.72. The van der Waals surface area contributed by atoms with Crippen molar-refractivity contribution in [2.75, 3.05) is 6.54 Å². The molecular weight excluding hydrogens is 257 g/mol. The third-order valence-electron chi connectivity index (χ3n) is 3.24. The van der Waals surface area contributed by atoms with Crippen LogP contribution in [0.4, 0.5) is 4.39 Å². The van der Waals surface area contributed by atoms with Crippen molar-refractivity contribution in [2.24, 2.45) is 5.92 Å². The molecule has 5 heteroatoms. The standard InChI is InChI=1S/C13H15ClFNO2/c14-12-6-9(15)2-4-11(12)13(18)16-7-8-1-3-10(17)5-8/h2,4,6,8,10,17H,1,3,5,7H2,(H,16,18). The second kappa shape index (κ2) is 5.67. The molecule has 1 aromatic rings. The number of rotatable bonds is 3. The van der Waals surface area contributed by atoms with Gasteiger partial charge in [-0.2, -0.15) is 0 Å². The normalized spacial score (nSPS) is 23.1. The summed E-state index contributed by atoms with van der Waals surface area (Å²) in [6.07, 6.45) is 2.18. The molecule has 0 aliphatic heterocycles. The second-order valence-corrected chi connectivity index (χ2v) is 5.07. The number of nitrogens with one attached hydrogen (secondary N) is 1. The van der Waals surface area contributed by atoms with Gasteiger partial charge in [-0.05, 0) is 43.4 Å². The SMILES string of the molecule is O=C(NCC1CCC(O)C1)c1ccc(F)cc1Cl. The molecule has 1 aromatic carbocycles. The molecule has 2 unspecified atom stereocenters. The van der Waals surface area contributed by atoms with Crippen molar-refractivity contribution in [3.05, 3.63) is 34.6 Å². The Kier molecular flexibility index (Phi) is 4.19. The molecule has 0 heterocycles. The highest BCUT2D eigenvalue weighted by Gasteiger charge is 2.23. The smallest absolute Gasteiger partial charge is 0.252 e. The van der Waals surface area contributed by atoms with Crippen molar-refractivity contribution in [1.82, 2.24) is 5.32 Å². The maximum absolute atomic E-state index is 12.8. The minimum Gasteiger partial charge on any atom is -0.393 e. The van der Waals surface area contributed by atoms with Crippen molar-refractivity contribution in [3.63, 3.8) is 0 Å². The zero-order valence-corrected chi connectivity index (χ0v) is 10.6. The van der Waals surface area contributed by atoms with Gasteiger partial charge < -0.3 is 10.4 Å². The lowest BCUT2D eigenvalue weighted by Gasteiger charge is -2.11. The van der Waals surface area contributed by atoms with Gasteiger partial charge in [0.2, 0.25) is 0 Å². The highest BCUT2D eigenvalue weighted by Crippen LogP contribution is 2.25. The van der Waals surface area contributed by atoms with Crippen LogP contribution in [0.1, 0.15) is 29.6 Å². The summed E-state index contributed by atoms with van der Waals surface area (Å²) in [7, 11) is 0. The molecule has 2 atom stereocenters. The Labute approximate surface area is 110 Å². The van der Waals surface area contributed by atoms with Crippen molar-refractivity contribution in [2.45, 2.75) is 25.4 Å². The van der Waals surface area contributed by atoms with Crippen molar-refractivity contribution in [3.8, 4) is 0 Å². The first-order chi connectivity index (χ1) is 8.56. The first kappa shape index (κ1) is 13.3. The van der Waals surface area contributed by atoms with E-state index in [1.54, 1.807) is 0 Å². The lowest BCUT2D eigenvalue weighted by atomic mass is 10.1. The average molecular weight is 272 g/mol. The third kappa shape index (κ3) is 3.21. The van der Waals surface area contributed by atoms with Crippen LogP contribution in [0.3, 0.4) is 0 Å². The minimum atomic E-state index is -0.463. The minimum absolute atomic E-state index is 0.110. The van der Waals surface area contributed by atoms with Crippen LogP contribution in [-0.4, -0.2) is 23.7 Å². The van der Waals surface area contributed by atoms with Crippen LogP contribution in [0, 0.1) is 11.7 Å². The van der Waals surface area contributed by atoms with Crippen molar-refractivity contribution in [1.29, 1.82) is 0 Å². The lowest BCUT2D eigenvalue weighted by Crippen LogP contribution is -2.28. The van der Waals surface area contributed by atoms with E-state index < -0.39 is 5.82 Å². The summed E-state index contributed by atoms with van der Waals surface area (Å²) in [5.74, 6) is -0.458. The summed E-state index contributed by atoms with van der Waals surface area (Å²) >= 11 is 5.80. The van der Waals surface area contributed by atoms with Crippen LogP contribution in [0.15, 0.2) is 18.2 Å². The number of halogens is 2. The summed E-state index contributed by atoms with van der Waals surface area (Å²) < 4.78 is 12.8. The van der Waals surface area contributed by atoms with E-state index >= 15 is 0 Å². The van der Waals surface area contributed by atoms with E-state index in [-0.39, 0.29) is 22.6 Å². The van der Waals surface area contributed by atoms with Gasteiger partial charge in [-0.25, -0.2) is 4.39 Å². The summed E-state index contributed by atoms with van der Waals surface area (Å²) in [4.78, 5) is 11.8. The molecule has 2 N–H and O–H groups in total. The van der Waals surface area contributed by atoms with Gasteiger partial charge >= 0.3 is 0 Å². The Morgan fingerprint density at radius 2 is 2.28 bits per heavy atom. The molecule has 2 rings (SSSR count). The summed E-state index contributed by atoms with van der Waals surface area (Å²) in [5, 5.41) is 12.3. The number of hydrogen-bond donors (Lipinski definition) is 2. The zero-order chi connectivity index (χ0) is 13.1. The van der Waals surface area contributed by atoms with E-state index in [1.807, 2.05) is 0 Å². The molecule has 0 aromatic heterocycles. The molecule has 1 aliphatic carbocycles. The van der Waals surface area contributed by atoms with Crippen LogP contribution >= 0.6 is 11.6 Å². The molecular formula is C13H15ClFNO2. The predicted molar refractivity (Wildman–Crippen MR) is 67.1 cm³/mol. The van der Waals surface area contributed by atoms with Gasteiger partial charge in [0, 0.05) is 6.54 Å². The summed E-state index contributed by atoms with van der Waals surface area (Å²) in [6.45, 7) is 0.517. The molecule has 1 aliphatic rings. The number of aliphatic hydroxyl groups is 1. The van der Waals surface area contributed by atoms with Gasteiger partial charge in [0.25, 0.3) is 5.91 Å². The number of carbonyl (C=O) groups excluding carboxylic acids is 1. The Hall–Kier alpha value is -1.13. The van der Waals surface area contributed by atoms with E-state index in [2.05, 4.69) is 5.32 Å². The first-order valence-corrected chi connectivity index (χ1v) is 6.35. The van der Waals surface area contributed by atoms with Gasteiger partial charge in [0.05, 0.1) is 16.7 Å². The fraction of sp³-hybridized carbons (Fsp3) is 0.462. The van der Waals surface area contributed by atoms with Crippen LogP contribution in [0.25, 0.3) is 0 Å². The van der Waals surface area contributed by atoms with Gasteiger partial charge in [-0.15, -0.1) is 0 Å². The summed E-state index contributed by atoms with van der Waals surface area (Å²) in [6, 6.07) is 3.70. The van der Waals surface area contributed by atoms with E-state index in [4.69, 9.17) is 11.6 Å². The monoisotopic (exact) mass is 271 g/mol. The number of hydrogen-bond acceptors (Lipinski definition) is 2. The largest absolute Gasteiger partial charge is 0.393 e. The Morgan fingerprint density at radius 3 is 2.89 bits per heavy atom. The zero-order valence-electron chi connectivity index (χ0n) is 9.83. The molecule has 18 heavy (non-hydrogen) atoms. The number of amides is 1. The Morgan fingerprint density at radius 1 is 1.50 bits per heavy atom.